The van der Waals surface area contributed by atoms with Gasteiger partial charge in [0.05, 0.1) is 5.69 Å². The molecule has 0 unspecified atom stereocenters. The summed E-state index contributed by atoms with van der Waals surface area (Å²) in [6.45, 7) is 0.823. The van der Waals surface area contributed by atoms with Crippen LogP contribution in [0.2, 0.25) is 0 Å². The number of rotatable bonds is 3. The Bertz CT molecular complexity index is 270. The molecule has 1 aromatic rings. The van der Waals surface area contributed by atoms with Crippen molar-refractivity contribution in [2.75, 3.05) is 19.3 Å². The molecule has 0 saturated heterocycles. The number of nitrogen functional groups attached to an aromatic ring is 1. The molecule has 0 saturated carbocycles. The number of nitrogens with two attached hydrogens (primary N) is 1. The minimum absolute atomic E-state index is 0.307. The van der Waals surface area contributed by atoms with E-state index in [1.807, 2.05) is 25.3 Å². The van der Waals surface area contributed by atoms with Gasteiger partial charge in [-0.3, -0.25) is 0 Å². The van der Waals surface area contributed by atoms with Gasteiger partial charge in [0.2, 0.25) is 5.95 Å². The summed E-state index contributed by atoms with van der Waals surface area (Å²) in [5.41, 5.74) is 6.22. The molecule has 0 spiro atoms. The lowest BCUT2D eigenvalue weighted by Gasteiger charge is -1.93. The molecular weight excluding hydrogens is 152 g/mol. The number of nitrogens with zero attached hydrogens (tertiary/aromatic N) is 2. The highest BCUT2D eigenvalue weighted by Crippen LogP contribution is 1.97. The highest BCUT2D eigenvalue weighted by atomic mass is 15.0. The molecule has 64 valence electrons. The van der Waals surface area contributed by atoms with Crippen molar-refractivity contribution < 1.29 is 0 Å². The average molecular weight is 164 g/mol. The van der Waals surface area contributed by atoms with Gasteiger partial charge in [-0.1, -0.05) is 6.08 Å². The van der Waals surface area contributed by atoms with E-state index in [4.69, 9.17) is 5.73 Å². The third-order valence-corrected chi connectivity index (χ3v) is 1.31. The van der Waals surface area contributed by atoms with Gasteiger partial charge in [0, 0.05) is 12.7 Å². The first-order chi connectivity index (χ1) is 5.83. The second-order valence-corrected chi connectivity index (χ2v) is 2.30. The first kappa shape index (κ1) is 8.67. The average Bonchev–Trinajstić information content (AvgIpc) is 2.05. The van der Waals surface area contributed by atoms with Crippen molar-refractivity contribution in [1.29, 1.82) is 0 Å². The monoisotopic (exact) mass is 164 g/mol. The summed E-state index contributed by atoms with van der Waals surface area (Å²) in [6.07, 6.45) is 5.51. The smallest absolute Gasteiger partial charge is 0.220 e. The number of likely N-dealkylation sites (N-methyl/N-ethyl adjacent to an activating group) is 1. The van der Waals surface area contributed by atoms with Crippen molar-refractivity contribution in [3.63, 3.8) is 0 Å². The lowest BCUT2D eigenvalue weighted by molar-refractivity contribution is 0.922. The van der Waals surface area contributed by atoms with Crippen LogP contribution in [0.1, 0.15) is 5.69 Å². The first-order valence-electron chi connectivity index (χ1n) is 3.72. The van der Waals surface area contributed by atoms with Crippen molar-refractivity contribution in [3.05, 3.63) is 24.0 Å². The second kappa shape index (κ2) is 4.46. The van der Waals surface area contributed by atoms with Crippen LogP contribution in [0.15, 0.2) is 18.3 Å². The van der Waals surface area contributed by atoms with Gasteiger partial charge in [-0.25, -0.2) is 9.97 Å². The van der Waals surface area contributed by atoms with E-state index in [0.717, 1.165) is 12.2 Å². The number of hydrogen-bond donors (Lipinski definition) is 2. The molecule has 0 aliphatic carbocycles. The Morgan fingerprint density at radius 3 is 3.17 bits per heavy atom. The van der Waals surface area contributed by atoms with E-state index in [1.165, 1.54) is 0 Å². The fourth-order valence-electron chi connectivity index (χ4n) is 0.779. The third kappa shape index (κ3) is 2.67. The zero-order chi connectivity index (χ0) is 8.81. The van der Waals surface area contributed by atoms with E-state index in [9.17, 15) is 0 Å². The lowest BCUT2D eigenvalue weighted by atomic mass is 10.3. The summed E-state index contributed by atoms with van der Waals surface area (Å²) in [5.74, 6) is 0.307. The molecule has 0 amide bonds. The van der Waals surface area contributed by atoms with Gasteiger partial charge in [0.1, 0.15) is 0 Å². The van der Waals surface area contributed by atoms with Gasteiger partial charge in [-0.05, 0) is 19.2 Å². The highest BCUT2D eigenvalue weighted by Gasteiger charge is 1.88. The first-order valence-corrected chi connectivity index (χ1v) is 3.72. The van der Waals surface area contributed by atoms with Crippen LogP contribution < -0.4 is 11.1 Å². The van der Waals surface area contributed by atoms with E-state index in [1.54, 1.807) is 6.20 Å². The van der Waals surface area contributed by atoms with Crippen molar-refractivity contribution >= 4 is 12.0 Å². The van der Waals surface area contributed by atoms with Gasteiger partial charge in [-0.2, -0.15) is 0 Å². The summed E-state index contributed by atoms with van der Waals surface area (Å²) in [4.78, 5) is 7.78. The van der Waals surface area contributed by atoms with Gasteiger partial charge >= 0.3 is 0 Å². The number of nitrogens with one attached hydrogen (secondary N) is 1. The zero-order valence-electron chi connectivity index (χ0n) is 6.99. The molecule has 4 nitrogen and oxygen atoms in total. The van der Waals surface area contributed by atoms with Crippen molar-refractivity contribution in [2.45, 2.75) is 0 Å². The maximum absolute atomic E-state index is 5.39. The van der Waals surface area contributed by atoms with E-state index in [-0.39, 0.29) is 0 Å². The largest absolute Gasteiger partial charge is 0.368 e. The molecule has 12 heavy (non-hydrogen) atoms. The van der Waals surface area contributed by atoms with Gasteiger partial charge in [0.15, 0.2) is 0 Å². The SMILES string of the molecule is CNCC=Cc1ccnc(N)n1. The van der Waals surface area contributed by atoms with E-state index in [2.05, 4.69) is 15.3 Å². The van der Waals surface area contributed by atoms with Gasteiger partial charge in [0.25, 0.3) is 0 Å². The fourth-order valence-corrected chi connectivity index (χ4v) is 0.779. The lowest BCUT2D eigenvalue weighted by Crippen LogP contribution is -2.03. The van der Waals surface area contributed by atoms with E-state index in [0.29, 0.717) is 5.95 Å². The summed E-state index contributed by atoms with van der Waals surface area (Å²) >= 11 is 0. The minimum atomic E-state index is 0.307. The Morgan fingerprint density at radius 2 is 2.50 bits per heavy atom. The molecule has 0 aromatic carbocycles. The Balaban J connectivity index is 2.63. The van der Waals surface area contributed by atoms with E-state index >= 15 is 0 Å². The Morgan fingerprint density at radius 1 is 1.67 bits per heavy atom. The molecule has 0 atom stereocenters. The van der Waals surface area contributed by atoms with Crippen LogP contribution in [0.3, 0.4) is 0 Å². The van der Waals surface area contributed by atoms with Crippen LogP contribution in [-0.2, 0) is 0 Å². The molecule has 1 rings (SSSR count). The van der Waals surface area contributed by atoms with Crippen molar-refractivity contribution in [1.82, 2.24) is 15.3 Å². The molecule has 0 fully saturated rings. The predicted molar refractivity (Wildman–Crippen MR) is 49.4 cm³/mol. The van der Waals surface area contributed by atoms with Crippen LogP contribution in [0.25, 0.3) is 6.08 Å². The second-order valence-electron chi connectivity index (χ2n) is 2.30. The standard InChI is InChI=1S/C8H12N4/c1-10-5-2-3-7-4-6-11-8(9)12-7/h2-4,6,10H,5H2,1H3,(H2,9,11,12). The molecule has 0 radical (unpaired) electrons. The van der Waals surface area contributed by atoms with Crippen LogP contribution >= 0.6 is 0 Å². The molecule has 4 heteroatoms. The highest BCUT2D eigenvalue weighted by molar-refractivity contribution is 5.45. The van der Waals surface area contributed by atoms with Crippen LogP contribution in [-0.4, -0.2) is 23.6 Å². The van der Waals surface area contributed by atoms with Crippen molar-refractivity contribution in [3.8, 4) is 0 Å². The Hall–Kier alpha value is -1.42. The zero-order valence-corrected chi connectivity index (χ0v) is 6.99. The summed E-state index contributed by atoms with van der Waals surface area (Å²) in [5, 5.41) is 2.99. The van der Waals surface area contributed by atoms with Crippen LogP contribution in [0, 0.1) is 0 Å². The third-order valence-electron chi connectivity index (χ3n) is 1.31. The number of hydrogen-bond acceptors (Lipinski definition) is 4. The minimum Gasteiger partial charge on any atom is -0.368 e. The Labute approximate surface area is 71.5 Å². The molecule has 0 bridgehead atoms. The van der Waals surface area contributed by atoms with Crippen LogP contribution in [0.5, 0.6) is 0 Å². The molecule has 1 aromatic heterocycles. The molecule has 1 heterocycles. The summed E-state index contributed by atoms with van der Waals surface area (Å²) < 4.78 is 0. The molecule has 0 aliphatic rings. The molecule has 0 aliphatic heterocycles. The number of anilines is 1. The molecule has 3 N–H and O–H groups in total. The Kier molecular flexibility index (Phi) is 3.22. The van der Waals surface area contributed by atoms with E-state index < -0.39 is 0 Å². The number of aromatic nitrogens is 2. The maximum atomic E-state index is 5.39. The van der Waals surface area contributed by atoms with Gasteiger partial charge < -0.3 is 11.1 Å². The van der Waals surface area contributed by atoms with Gasteiger partial charge in [-0.15, -0.1) is 0 Å². The fraction of sp³-hybridized carbons (Fsp3) is 0.250. The summed E-state index contributed by atoms with van der Waals surface area (Å²) in [7, 11) is 1.89. The maximum Gasteiger partial charge on any atom is 0.220 e. The van der Waals surface area contributed by atoms with Crippen molar-refractivity contribution in [2.24, 2.45) is 0 Å². The predicted octanol–water partition coefficient (Wildman–Crippen LogP) is 0.291. The van der Waals surface area contributed by atoms with Crippen LogP contribution in [0.4, 0.5) is 5.95 Å². The summed E-state index contributed by atoms with van der Waals surface area (Å²) in [6, 6.07) is 1.81. The topological polar surface area (TPSA) is 63.8 Å². The molecular formula is C8H12N4. The quantitative estimate of drug-likeness (QED) is 0.674. The normalized spacial score (nSPS) is 10.8.